The summed E-state index contributed by atoms with van der Waals surface area (Å²) in [5.41, 5.74) is 1.02. The van der Waals surface area contributed by atoms with Gasteiger partial charge in [-0.3, -0.25) is 0 Å². The molecule has 0 saturated carbocycles. The number of hydrazone groups is 1. The number of thioether (sulfide) groups is 1. The number of rotatable bonds is 3. The number of benzene rings is 1. The van der Waals surface area contributed by atoms with Crippen LogP contribution in [0.3, 0.4) is 0 Å². The van der Waals surface area contributed by atoms with E-state index in [1.165, 1.54) is 11.8 Å². The van der Waals surface area contributed by atoms with Gasteiger partial charge in [0.15, 0.2) is 5.17 Å². The molecule has 0 aliphatic heterocycles. The van der Waals surface area contributed by atoms with Gasteiger partial charge in [0.05, 0.1) is 6.21 Å². The zero-order valence-corrected chi connectivity index (χ0v) is 10.7. The lowest BCUT2D eigenvalue weighted by Gasteiger charge is -2.15. The topological polar surface area (TPSA) is 51.8 Å². The molecule has 4 nitrogen and oxygen atoms in total. The van der Waals surface area contributed by atoms with Crippen molar-refractivity contribution in [3.8, 4) is 6.19 Å². The Bertz CT molecular complexity index is 434. The van der Waals surface area contributed by atoms with Crippen molar-refractivity contribution >= 4 is 23.1 Å². The molecule has 1 aromatic rings. The summed E-state index contributed by atoms with van der Waals surface area (Å²) in [7, 11) is 0. The van der Waals surface area contributed by atoms with Crippen LogP contribution in [0.1, 0.15) is 12.5 Å². The third-order valence-electron chi connectivity index (χ3n) is 1.99. The zero-order valence-electron chi connectivity index (χ0n) is 9.87. The van der Waals surface area contributed by atoms with E-state index in [0.717, 1.165) is 5.56 Å². The lowest BCUT2D eigenvalue weighted by Crippen LogP contribution is -2.22. The first-order chi connectivity index (χ1) is 8.31. The van der Waals surface area contributed by atoms with Gasteiger partial charge in [-0.25, -0.2) is 5.01 Å². The number of hydrogen-bond acceptors (Lipinski definition) is 4. The molecule has 0 amide bonds. The number of aliphatic imine (C=N–C) groups is 1. The molecule has 0 radical (unpaired) electrons. The minimum atomic E-state index is 0.599. The van der Waals surface area contributed by atoms with Gasteiger partial charge in [-0.15, -0.1) is 4.99 Å². The quantitative estimate of drug-likeness (QED) is 0.356. The van der Waals surface area contributed by atoms with Gasteiger partial charge < -0.3 is 0 Å². The van der Waals surface area contributed by atoms with Crippen molar-refractivity contribution in [1.82, 2.24) is 5.01 Å². The highest BCUT2D eigenvalue weighted by atomic mass is 32.2. The van der Waals surface area contributed by atoms with E-state index in [2.05, 4.69) is 10.1 Å². The first-order valence-corrected chi connectivity index (χ1v) is 6.41. The molecule has 88 valence electrons. The van der Waals surface area contributed by atoms with Gasteiger partial charge in [0, 0.05) is 6.54 Å². The molecule has 0 saturated heterocycles. The van der Waals surface area contributed by atoms with Crippen molar-refractivity contribution in [1.29, 1.82) is 5.26 Å². The molecule has 0 spiro atoms. The average molecular weight is 246 g/mol. The molecular formula is C12H14N4S. The largest absolute Gasteiger partial charge is 0.242 e. The monoisotopic (exact) mass is 246 g/mol. The van der Waals surface area contributed by atoms with E-state index >= 15 is 0 Å². The Morgan fingerprint density at radius 3 is 2.71 bits per heavy atom. The van der Waals surface area contributed by atoms with Crippen LogP contribution in [0.4, 0.5) is 0 Å². The van der Waals surface area contributed by atoms with Crippen LogP contribution < -0.4 is 0 Å². The Balaban J connectivity index is 2.80. The maximum atomic E-state index is 8.57. The Morgan fingerprint density at radius 1 is 1.47 bits per heavy atom. The summed E-state index contributed by atoms with van der Waals surface area (Å²) in [6.45, 7) is 2.64. The van der Waals surface area contributed by atoms with E-state index in [-0.39, 0.29) is 0 Å². The molecule has 17 heavy (non-hydrogen) atoms. The maximum Gasteiger partial charge on any atom is 0.208 e. The normalized spacial score (nSPS) is 11.5. The fourth-order valence-corrected chi connectivity index (χ4v) is 1.71. The van der Waals surface area contributed by atoms with Crippen LogP contribution in [0.25, 0.3) is 0 Å². The lowest BCUT2D eigenvalue weighted by atomic mass is 10.2. The molecule has 0 heterocycles. The van der Waals surface area contributed by atoms with Gasteiger partial charge in [0.1, 0.15) is 0 Å². The second-order valence-corrected chi connectivity index (χ2v) is 3.84. The molecule has 1 rings (SSSR count). The number of nitrogens with zero attached hydrogens (tertiary/aromatic N) is 4. The smallest absolute Gasteiger partial charge is 0.208 e. The van der Waals surface area contributed by atoms with Crippen LogP contribution in [0.15, 0.2) is 40.4 Å². The molecular weight excluding hydrogens is 232 g/mol. The first-order valence-electron chi connectivity index (χ1n) is 5.19. The second kappa shape index (κ2) is 7.47. The van der Waals surface area contributed by atoms with Crippen molar-refractivity contribution in [2.45, 2.75) is 6.92 Å². The van der Waals surface area contributed by atoms with Crippen LogP contribution in [-0.4, -0.2) is 29.2 Å². The fourth-order valence-electron chi connectivity index (χ4n) is 1.19. The number of amidine groups is 1. The number of hydrogen-bond donors (Lipinski definition) is 0. The van der Waals surface area contributed by atoms with E-state index in [1.54, 1.807) is 17.4 Å². The van der Waals surface area contributed by atoms with Gasteiger partial charge in [-0.2, -0.15) is 10.4 Å². The van der Waals surface area contributed by atoms with E-state index in [9.17, 15) is 0 Å². The van der Waals surface area contributed by atoms with E-state index in [4.69, 9.17) is 5.26 Å². The summed E-state index contributed by atoms with van der Waals surface area (Å²) < 4.78 is 0. The van der Waals surface area contributed by atoms with Crippen molar-refractivity contribution in [3.05, 3.63) is 35.9 Å². The number of nitriles is 1. The predicted octanol–water partition coefficient (Wildman–Crippen LogP) is 2.54. The molecule has 5 heteroatoms. The zero-order chi connectivity index (χ0) is 12.5. The first kappa shape index (κ1) is 13.3. The highest BCUT2D eigenvalue weighted by molar-refractivity contribution is 8.13. The molecule has 0 fully saturated rings. The summed E-state index contributed by atoms with van der Waals surface area (Å²) >= 11 is 1.40. The van der Waals surface area contributed by atoms with Crippen LogP contribution in [0.5, 0.6) is 0 Å². The molecule has 1 aromatic carbocycles. The maximum absolute atomic E-state index is 8.57. The average Bonchev–Trinajstić information content (AvgIpc) is 2.39. The van der Waals surface area contributed by atoms with Gasteiger partial charge in [0.25, 0.3) is 0 Å². The molecule has 0 aliphatic rings. The molecule has 0 N–H and O–H groups in total. The van der Waals surface area contributed by atoms with Gasteiger partial charge in [-0.05, 0) is 18.7 Å². The third-order valence-corrected chi connectivity index (χ3v) is 2.66. The Hall–Kier alpha value is -1.80. The molecule has 0 aliphatic carbocycles. The van der Waals surface area contributed by atoms with Gasteiger partial charge in [0.2, 0.25) is 6.19 Å². The van der Waals surface area contributed by atoms with Crippen molar-refractivity contribution in [2.75, 3.05) is 12.8 Å². The minimum Gasteiger partial charge on any atom is -0.242 e. The highest BCUT2D eigenvalue weighted by Gasteiger charge is 2.05. The van der Waals surface area contributed by atoms with E-state index < -0.39 is 0 Å². The van der Waals surface area contributed by atoms with E-state index in [0.29, 0.717) is 11.7 Å². The summed E-state index contributed by atoms with van der Waals surface area (Å²) in [5, 5.41) is 15.2. The van der Waals surface area contributed by atoms with Crippen LogP contribution >= 0.6 is 11.8 Å². The summed E-state index contributed by atoms with van der Waals surface area (Å²) in [4.78, 5) is 3.72. The van der Waals surface area contributed by atoms with Crippen LogP contribution in [0.2, 0.25) is 0 Å². The highest BCUT2D eigenvalue weighted by Crippen LogP contribution is 2.06. The molecule has 0 atom stereocenters. The Morgan fingerprint density at radius 2 is 2.18 bits per heavy atom. The minimum absolute atomic E-state index is 0.599. The standard InChI is InChI=1S/C12H14N4S/c1-3-16(12(17-2)14-10-13)15-9-11-7-5-4-6-8-11/h4-9H,3H2,1-2H3. The molecule has 0 bridgehead atoms. The Kier molecular flexibility index (Phi) is 5.83. The second-order valence-electron chi connectivity index (χ2n) is 3.07. The summed E-state index contributed by atoms with van der Waals surface area (Å²) in [6.07, 6.45) is 5.41. The summed E-state index contributed by atoms with van der Waals surface area (Å²) in [5.74, 6) is 0. The van der Waals surface area contributed by atoms with Gasteiger partial charge >= 0.3 is 0 Å². The lowest BCUT2D eigenvalue weighted by molar-refractivity contribution is 0.483. The summed E-state index contributed by atoms with van der Waals surface area (Å²) in [6, 6.07) is 9.81. The van der Waals surface area contributed by atoms with Gasteiger partial charge in [-0.1, -0.05) is 42.1 Å². The molecule has 0 unspecified atom stereocenters. The van der Waals surface area contributed by atoms with E-state index in [1.807, 2.05) is 43.5 Å². The van der Waals surface area contributed by atoms with Crippen molar-refractivity contribution in [2.24, 2.45) is 10.1 Å². The predicted molar refractivity (Wildman–Crippen MR) is 73.0 cm³/mol. The van der Waals surface area contributed by atoms with Crippen molar-refractivity contribution in [3.63, 3.8) is 0 Å². The van der Waals surface area contributed by atoms with Crippen LogP contribution in [0, 0.1) is 11.5 Å². The third kappa shape index (κ3) is 4.29. The SMILES string of the molecule is CCN(N=Cc1ccccc1)C(=NC#N)SC. The molecule has 0 aromatic heterocycles. The Labute approximate surface area is 106 Å². The fraction of sp³-hybridized carbons (Fsp3) is 0.250. The van der Waals surface area contributed by atoms with Crippen molar-refractivity contribution < 1.29 is 0 Å². The van der Waals surface area contributed by atoms with Crippen LogP contribution in [-0.2, 0) is 0 Å².